The molecule has 5 aliphatic rings. The van der Waals surface area contributed by atoms with Gasteiger partial charge in [0.05, 0.1) is 0 Å². The Kier molecular flexibility index (Phi) is 2.69. The van der Waals surface area contributed by atoms with E-state index in [2.05, 4.69) is 32.6 Å². The molecular weight excluding hydrogens is 266 g/mol. The van der Waals surface area contributed by atoms with E-state index < -0.39 is 0 Å². The highest BCUT2D eigenvalue weighted by Gasteiger charge is 2.79. The second kappa shape index (κ2) is 4.13. The van der Waals surface area contributed by atoms with Gasteiger partial charge in [-0.05, 0) is 79.4 Å². The highest BCUT2D eigenvalue weighted by atomic mass is 15.3. The van der Waals surface area contributed by atoms with E-state index in [-0.39, 0.29) is 0 Å². The minimum atomic E-state index is 0.645. The van der Waals surface area contributed by atoms with Crippen LogP contribution in [-0.4, -0.2) is 23.0 Å². The molecular formula is C21H35N. The molecule has 5 bridgehead atoms. The van der Waals surface area contributed by atoms with Crippen molar-refractivity contribution in [1.29, 1.82) is 0 Å². The lowest BCUT2D eigenvalue weighted by Gasteiger charge is -2.67. The molecule has 8 atom stereocenters. The van der Waals surface area contributed by atoms with Crippen molar-refractivity contribution in [2.75, 3.05) is 6.54 Å². The second-order valence-electron chi connectivity index (χ2n) is 10.1. The zero-order chi connectivity index (χ0) is 15.3. The molecule has 1 nitrogen and oxygen atoms in total. The van der Waals surface area contributed by atoms with Gasteiger partial charge in [-0.3, -0.25) is 4.90 Å². The Morgan fingerprint density at radius 3 is 2.64 bits per heavy atom. The molecule has 0 amide bonds. The van der Waals surface area contributed by atoms with Crippen molar-refractivity contribution < 1.29 is 0 Å². The van der Waals surface area contributed by atoms with Crippen molar-refractivity contribution in [3.63, 3.8) is 0 Å². The Bertz CT molecular complexity index is 498. The maximum atomic E-state index is 3.16. The normalized spacial score (nSPS) is 61.8. The van der Waals surface area contributed by atoms with Crippen molar-refractivity contribution in [3.8, 4) is 0 Å². The SMILES string of the molecule is CC[C@]12[C@@H]3[C@@H](C(C)C)CC[C@@]1(C)[C@H]1CC[C@@]4(CCC[C@H]42)N3C1. The third-order valence-corrected chi connectivity index (χ3v) is 9.96. The average Bonchev–Trinajstić information content (AvgIpc) is 2.96. The first kappa shape index (κ1) is 14.3. The van der Waals surface area contributed by atoms with Gasteiger partial charge in [-0.2, -0.15) is 0 Å². The van der Waals surface area contributed by atoms with E-state index in [1.807, 2.05) is 0 Å². The van der Waals surface area contributed by atoms with Gasteiger partial charge in [-0.1, -0.05) is 34.1 Å². The molecule has 3 saturated heterocycles. The summed E-state index contributed by atoms with van der Waals surface area (Å²) in [5.41, 5.74) is 1.96. The second-order valence-corrected chi connectivity index (χ2v) is 10.1. The van der Waals surface area contributed by atoms with Gasteiger partial charge in [-0.15, -0.1) is 0 Å². The van der Waals surface area contributed by atoms with Crippen LogP contribution in [0, 0.1) is 34.5 Å². The molecule has 0 aromatic heterocycles. The first-order valence-electron chi connectivity index (χ1n) is 10.3. The van der Waals surface area contributed by atoms with Crippen LogP contribution in [0.4, 0.5) is 0 Å². The van der Waals surface area contributed by atoms with Crippen LogP contribution in [-0.2, 0) is 0 Å². The molecule has 124 valence electrons. The Hall–Kier alpha value is -0.0400. The molecule has 0 aromatic rings. The summed E-state index contributed by atoms with van der Waals surface area (Å²) in [5.74, 6) is 3.88. The van der Waals surface area contributed by atoms with Crippen molar-refractivity contribution >= 4 is 0 Å². The number of rotatable bonds is 2. The predicted molar refractivity (Wildman–Crippen MR) is 91.7 cm³/mol. The topological polar surface area (TPSA) is 3.24 Å². The average molecular weight is 302 g/mol. The summed E-state index contributed by atoms with van der Waals surface area (Å²) in [5, 5.41) is 0. The highest BCUT2D eigenvalue weighted by Crippen LogP contribution is 2.78. The van der Waals surface area contributed by atoms with Crippen LogP contribution in [0.5, 0.6) is 0 Å². The van der Waals surface area contributed by atoms with Crippen LogP contribution in [0.25, 0.3) is 0 Å². The van der Waals surface area contributed by atoms with Gasteiger partial charge < -0.3 is 0 Å². The molecule has 3 aliphatic heterocycles. The Morgan fingerprint density at radius 2 is 1.91 bits per heavy atom. The molecule has 5 fully saturated rings. The summed E-state index contributed by atoms with van der Waals surface area (Å²) in [6.45, 7) is 11.8. The molecule has 0 aromatic carbocycles. The fraction of sp³-hybridized carbons (Fsp3) is 1.00. The zero-order valence-corrected chi connectivity index (χ0v) is 15.2. The third-order valence-electron chi connectivity index (χ3n) is 9.96. The van der Waals surface area contributed by atoms with Crippen LogP contribution < -0.4 is 0 Å². The monoisotopic (exact) mass is 301 g/mol. The first-order valence-corrected chi connectivity index (χ1v) is 10.3. The molecule has 22 heavy (non-hydrogen) atoms. The molecule has 3 heterocycles. The van der Waals surface area contributed by atoms with Crippen molar-refractivity contribution in [2.45, 2.75) is 90.6 Å². The molecule has 2 saturated carbocycles. The largest absolute Gasteiger partial charge is 0.293 e. The number of hydrogen-bond acceptors (Lipinski definition) is 1. The minimum Gasteiger partial charge on any atom is -0.293 e. The van der Waals surface area contributed by atoms with E-state index in [9.17, 15) is 0 Å². The minimum absolute atomic E-state index is 0.645. The summed E-state index contributed by atoms with van der Waals surface area (Å²) in [6.07, 6.45) is 12.2. The summed E-state index contributed by atoms with van der Waals surface area (Å²) in [6, 6.07) is 0.929. The smallest absolute Gasteiger partial charge is 0.0247 e. The molecule has 1 spiro atoms. The summed E-state index contributed by atoms with van der Waals surface area (Å²) < 4.78 is 0. The van der Waals surface area contributed by atoms with E-state index in [1.54, 1.807) is 19.3 Å². The molecule has 0 radical (unpaired) electrons. The zero-order valence-electron chi connectivity index (χ0n) is 15.2. The lowest BCUT2D eigenvalue weighted by molar-refractivity contribution is -0.179. The quantitative estimate of drug-likeness (QED) is 0.685. The Morgan fingerprint density at radius 1 is 1.09 bits per heavy atom. The molecule has 5 rings (SSSR count). The van der Waals surface area contributed by atoms with Crippen LogP contribution in [0.2, 0.25) is 0 Å². The van der Waals surface area contributed by atoms with E-state index in [0.717, 1.165) is 29.7 Å². The van der Waals surface area contributed by atoms with E-state index in [0.29, 0.717) is 16.4 Å². The summed E-state index contributed by atoms with van der Waals surface area (Å²) >= 11 is 0. The fourth-order valence-corrected chi connectivity index (χ4v) is 9.26. The van der Waals surface area contributed by atoms with Crippen molar-refractivity contribution in [2.24, 2.45) is 34.5 Å². The predicted octanol–water partition coefficient (Wildman–Crippen LogP) is 5.10. The number of fused-ring (bicyclic) bond motifs is 2. The van der Waals surface area contributed by atoms with Gasteiger partial charge in [0.15, 0.2) is 0 Å². The van der Waals surface area contributed by atoms with Crippen LogP contribution in [0.15, 0.2) is 0 Å². The lowest BCUT2D eigenvalue weighted by Crippen LogP contribution is -2.68. The van der Waals surface area contributed by atoms with E-state index in [4.69, 9.17) is 0 Å². The molecule has 0 N–H and O–H groups in total. The van der Waals surface area contributed by atoms with E-state index in [1.165, 1.54) is 38.6 Å². The number of nitrogens with zero attached hydrogens (tertiary/aromatic N) is 1. The lowest BCUT2D eigenvalue weighted by atomic mass is 9.42. The van der Waals surface area contributed by atoms with Crippen molar-refractivity contribution in [1.82, 2.24) is 4.90 Å². The maximum absolute atomic E-state index is 3.16. The van der Waals surface area contributed by atoms with Crippen LogP contribution >= 0.6 is 0 Å². The summed E-state index contributed by atoms with van der Waals surface area (Å²) in [4.78, 5) is 3.16. The Labute approximate surface area is 137 Å². The van der Waals surface area contributed by atoms with Gasteiger partial charge in [0.1, 0.15) is 0 Å². The number of piperidine rings is 2. The highest BCUT2D eigenvalue weighted by molar-refractivity contribution is 5.30. The first-order chi connectivity index (χ1) is 10.5. The van der Waals surface area contributed by atoms with Crippen LogP contribution in [0.3, 0.4) is 0 Å². The van der Waals surface area contributed by atoms with Crippen molar-refractivity contribution in [3.05, 3.63) is 0 Å². The summed E-state index contributed by atoms with van der Waals surface area (Å²) in [7, 11) is 0. The number of hydrogen-bond donors (Lipinski definition) is 0. The van der Waals surface area contributed by atoms with Gasteiger partial charge in [0.25, 0.3) is 0 Å². The van der Waals surface area contributed by atoms with E-state index >= 15 is 0 Å². The van der Waals surface area contributed by atoms with Gasteiger partial charge in [0, 0.05) is 18.1 Å². The maximum Gasteiger partial charge on any atom is 0.0247 e. The standard InChI is InChI=1S/C21H35N/c1-5-21-17-7-6-10-20(17)12-8-15-13-22(20)18(21)16(14(2)3)9-11-19(15,21)4/h14-18H,5-13H2,1-4H3/t15-,16+,17+,18-,19-,20+,21-/m0/s1. The fourth-order valence-electron chi connectivity index (χ4n) is 9.26. The van der Waals surface area contributed by atoms with Gasteiger partial charge in [0.2, 0.25) is 0 Å². The Balaban J connectivity index is 1.76. The molecule has 2 aliphatic carbocycles. The van der Waals surface area contributed by atoms with Crippen LogP contribution in [0.1, 0.15) is 79.1 Å². The molecule has 1 heteroatoms. The van der Waals surface area contributed by atoms with Gasteiger partial charge in [-0.25, -0.2) is 0 Å². The molecule has 1 unspecified atom stereocenters. The third kappa shape index (κ3) is 1.21. The van der Waals surface area contributed by atoms with Gasteiger partial charge >= 0.3 is 0 Å².